The van der Waals surface area contributed by atoms with E-state index < -0.39 is 0 Å². The van der Waals surface area contributed by atoms with E-state index in [-0.39, 0.29) is 0 Å². The maximum atomic E-state index is 6.38. The van der Waals surface area contributed by atoms with Crippen LogP contribution >= 0.6 is 11.6 Å². The number of ether oxygens (including phenoxy) is 1. The van der Waals surface area contributed by atoms with Gasteiger partial charge in [0.15, 0.2) is 0 Å². The number of fused-ring (bicyclic) bond motifs is 1. The van der Waals surface area contributed by atoms with Gasteiger partial charge in [0, 0.05) is 30.7 Å². The Morgan fingerprint density at radius 3 is 2.70 bits per heavy atom. The van der Waals surface area contributed by atoms with E-state index in [1.807, 2.05) is 18.2 Å². The highest BCUT2D eigenvalue weighted by Gasteiger charge is 2.31. The van der Waals surface area contributed by atoms with Gasteiger partial charge in [-0.15, -0.1) is 0 Å². The van der Waals surface area contributed by atoms with E-state index in [4.69, 9.17) is 16.3 Å². The maximum Gasteiger partial charge on any atom is 0.142 e. The summed E-state index contributed by atoms with van der Waals surface area (Å²) in [6.07, 6.45) is 1.74. The van der Waals surface area contributed by atoms with Gasteiger partial charge in [-0.1, -0.05) is 11.6 Å². The molecular formula is C15H18ClN3O. The number of aromatic nitrogens is 1. The monoisotopic (exact) mass is 291 g/mol. The Hall–Kier alpha value is -1.52. The Balaban J connectivity index is 2.08. The Bertz CT molecular complexity index is 638. The number of pyridine rings is 1. The third kappa shape index (κ3) is 2.09. The van der Waals surface area contributed by atoms with Crippen LogP contribution in [0.2, 0.25) is 5.02 Å². The summed E-state index contributed by atoms with van der Waals surface area (Å²) in [5.74, 6) is 0.851. The van der Waals surface area contributed by atoms with Crippen LogP contribution in [0.15, 0.2) is 24.4 Å². The summed E-state index contributed by atoms with van der Waals surface area (Å²) in [6.45, 7) is 1.96. The lowest BCUT2D eigenvalue weighted by atomic mass is 10.0. The summed E-state index contributed by atoms with van der Waals surface area (Å²) in [5, 5.41) is 1.70. The Morgan fingerprint density at radius 1 is 1.30 bits per heavy atom. The van der Waals surface area contributed by atoms with Gasteiger partial charge in [-0.05, 0) is 32.3 Å². The van der Waals surface area contributed by atoms with E-state index in [2.05, 4.69) is 28.9 Å². The highest BCUT2D eigenvalue weighted by Crippen LogP contribution is 2.41. The van der Waals surface area contributed by atoms with Gasteiger partial charge in [0.05, 0.1) is 23.3 Å². The number of benzene rings is 1. The third-order valence-corrected chi connectivity index (χ3v) is 4.24. The molecule has 0 unspecified atom stereocenters. The fraction of sp³-hybridized carbons (Fsp3) is 0.400. The van der Waals surface area contributed by atoms with Crippen LogP contribution in [0.25, 0.3) is 10.9 Å². The number of likely N-dealkylation sites (N-methyl/N-ethyl adjacent to an activating group) is 1. The number of nitrogens with zero attached hydrogens (tertiary/aromatic N) is 3. The van der Waals surface area contributed by atoms with Crippen LogP contribution in [0, 0.1) is 0 Å². The first-order chi connectivity index (χ1) is 9.61. The van der Waals surface area contributed by atoms with Gasteiger partial charge >= 0.3 is 0 Å². The zero-order valence-corrected chi connectivity index (χ0v) is 12.7. The van der Waals surface area contributed by atoms with Gasteiger partial charge in [0.25, 0.3) is 0 Å². The molecule has 2 heterocycles. The summed E-state index contributed by atoms with van der Waals surface area (Å²) in [5.41, 5.74) is 1.96. The third-order valence-electron chi connectivity index (χ3n) is 3.92. The van der Waals surface area contributed by atoms with Crippen molar-refractivity contribution in [3.63, 3.8) is 0 Å². The maximum absolute atomic E-state index is 6.38. The summed E-state index contributed by atoms with van der Waals surface area (Å²) >= 11 is 6.38. The lowest BCUT2D eigenvalue weighted by Gasteiger charge is -2.45. The fourth-order valence-corrected chi connectivity index (χ4v) is 2.86. The van der Waals surface area contributed by atoms with Crippen molar-refractivity contribution in [1.29, 1.82) is 0 Å². The van der Waals surface area contributed by atoms with Crippen LogP contribution < -0.4 is 9.64 Å². The molecule has 106 valence electrons. The van der Waals surface area contributed by atoms with Crippen LogP contribution in [-0.4, -0.2) is 50.2 Å². The van der Waals surface area contributed by atoms with Crippen molar-refractivity contribution in [1.82, 2.24) is 9.88 Å². The largest absolute Gasteiger partial charge is 0.495 e. The first-order valence-electron chi connectivity index (χ1n) is 6.64. The first kappa shape index (κ1) is 13.5. The van der Waals surface area contributed by atoms with E-state index in [0.717, 1.165) is 40.5 Å². The number of hydrogen-bond acceptors (Lipinski definition) is 4. The zero-order chi connectivity index (χ0) is 14.3. The topological polar surface area (TPSA) is 28.6 Å². The minimum absolute atomic E-state index is 0.574. The molecule has 1 fully saturated rings. The van der Waals surface area contributed by atoms with Crippen molar-refractivity contribution in [2.45, 2.75) is 6.04 Å². The molecule has 0 bridgehead atoms. The van der Waals surface area contributed by atoms with E-state index >= 15 is 0 Å². The lowest BCUT2D eigenvalue weighted by molar-refractivity contribution is 0.246. The van der Waals surface area contributed by atoms with Crippen molar-refractivity contribution in [3.8, 4) is 5.75 Å². The average Bonchev–Trinajstić information content (AvgIpc) is 2.36. The van der Waals surface area contributed by atoms with E-state index in [0.29, 0.717) is 6.04 Å². The molecule has 5 heteroatoms. The molecule has 20 heavy (non-hydrogen) atoms. The van der Waals surface area contributed by atoms with Gasteiger partial charge in [0.2, 0.25) is 0 Å². The highest BCUT2D eigenvalue weighted by molar-refractivity contribution is 6.36. The molecule has 0 radical (unpaired) electrons. The number of hydrogen-bond donors (Lipinski definition) is 0. The van der Waals surface area contributed by atoms with Crippen LogP contribution in [-0.2, 0) is 0 Å². The Morgan fingerprint density at radius 2 is 2.05 bits per heavy atom. The normalized spacial score (nSPS) is 15.8. The minimum atomic E-state index is 0.574. The molecule has 1 aliphatic rings. The molecule has 2 aromatic rings. The van der Waals surface area contributed by atoms with Gasteiger partial charge < -0.3 is 14.5 Å². The van der Waals surface area contributed by atoms with Crippen molar-refractivity contribution in [3.05, 3.63) is 29.4 Å². The molecular weight excluding hydrogens is 274 g/mol. The molecule has 0 atom stereocenters. The van der Waals surface area contributed by atoms with Gasteiger partial charge in [0.1, 0.15) is 5.75 Å². The van der Waals surface area contributed by atoms with E-state index in [9.17, 15) is 0 Å². The highest BCUT2D eigenvalue weighted by atomic mass is 35.5. The lowest BCUT2D eigenvalue weighted by Crippen LogP contribution is -2.57. The van der Waals surface area contributed by atoms with E-state index in [1.54, 1.807) is 13.3 Å². The summed E-state index contributed by atoms with van der Waals surface area (Å²) in [4.78, 5) is 8.94. The standard InChI is InChI=1S/C15H18ClN3O/c1-18(2)10-8-19(9-10)15-13(20-3)5-4-12-14(15)11(16)6-7-17-12/h4-7,10H,8-9H2,1-3H3. The Labute approximate surface area is 123 Å². The molecule has 1 aromatic heterocycles. The second-order valence-corrected chi connectivity index (χ2v) is 5.73. The van der Waals surface area contributed by atoms with Crippen LogP contribution in [0.5, 0.6) is 5.75 Å². The number of rotatable bonds is 3. The molecule has 0 N–H and O–H groups in total. The molecule has 0 aliphatic carbocycles. The second-order valence-electron chi connectivity index (χ2n) is 5.33. The predicted molar refractivity (Wildman–Crippen MR) is 83.0 cm³/mol. The molecule has 0 spiro atoms. The summed E-state index contributed by atoms with van der Waals surface area (Å²) in [7, 11) is 5.91. The van der Waals surface area contributed by atoms with E-state index in [1.165, 1.54) is 0 Å². The molecule has 0 saturated carbocycles. The molecule has 0 amide bonds. The molecule has 1 aliphatic heterocycles. The zero-order valence-electron chi connectivity index (χ0n) is 11.9. The van der Waals surface area contributed by atoms with Crippen molar-refractivity contribution in [2.75, 3.05) is 39.2 Å². The quantitative estimate of drug-likeness (QED) is 0.869. The van der Waals surface area contributed by atoms with Gasteiger partial charge in [-0.25, -0.2) is 0 Å². The number of anilines is 1. The van der Waals surface area contributed by atoms with Crippen LogP contribution in [0.4, 0.5) is 5.69 Å². The molecule has 3 rings (SSSR count). The smallest absolute Gasteiger partial charge is 0.142 e. The second kappa shape index (κ2) is 5.11. The number of halogens is 1. The van der Waals surface area contributed by atoms with Crippen molar-refractivity contribution < 1.29 is 4.74 Å². The SMILES string of the molecule is COc1ccc2nccc(Cl)c2c1N1CC(N(C)C)C1. The molecule has 4 nitrogen and oxygen atoms in total. The van der Waals surface area contributed by atoms with Crippen LogP contribution in [0.1, 0.15) is 0 Å². The van der Waals surface area contributed by atoms with Crippen molar-refractivity contribution in [2.24, 2.45) is 0 Å². The minimum Gasteiger partial charge on any atom is -0.495 e. The average molecular weight is 292 g/mol. The fourth-order valence-electron chi connectivity index (χ4n) is 2.61. The van der Waals surface area contributed by atoms with Gasteiger partial charge in [-0.3, -0.25) is 4.98 Å². The molecule has 1 aromatic carbocycles. The molecule has 1 saturated heterocycles. The summed E-state index contributed by atoms with van der Waals surface area (Å²) in [6, 6.07) is 6.32. The van der Waals surface area contributed by atoms with Crippen LogP contribution in [0.3, 0.4) is 0 Å². The van der Waals surface area contributed by atoms with Crippen molar-refractivity contribution >= 4 is 28.2 Å². The number of methoxy groups -OCH3 is 1. The Kier molecular flexibility index (Phi) is 3.44. The predicted octanol–water partition coefficient (Wildman–Crippen LogP) is 2.65. The van der Waals surface area contributed by atoms with Gasteiger partial charge in [-0.2, -0.15) is 0 Å². The summed E-state index contributed by atoms with van der Waals surface area (Å²) < 4.78 is 5.52. The first-order valence-corrected chi connectivity index (χ1v) is 7.02.